The first-order chi connectivity index (χ1) is 10.1. The van der Waals surface area contributed by atoms with Gasteiger partial charge in [-0.2, -0.15) is 0 Å². The monoisotopic (exact) mass is 324 g/mol. The van der Waals surface area contributed by atoms with Crippen molar-refractivity contribution in [2.75, 3.05) is 11.9 Å². The van der Waals surface area contributed by atoms with Gasteiger partial charge in [0, 0.05) is 6.54 Å². The number of nitrogens with one attached hydrogen (secondary N) is 1. The van der Waals surface area contributed by atoms with Crippen molar-refractivity contribution in [3.63, 3.8) is 0 Å². The molecule has 21 heavy (non-hydrogen) atoms. The van der Waals surface area contributed by atoms with Crippen molar-refractivity contribution in [3.8, 4) is 5.75 Å². The Labute approximate surface area is 135 Å². The molecule has 3 nitrogen and oxygen atoms in total. The average Bonchev–Trinajstić information content (AvgIpc) is 2.48. The zero-order valence-electron chi connectivity index (χ0n) is 12.1. The Morgan fingerprint density at radius 2 is 1.90 bits per heavy atom. The number of nitrogens with zero attached hydrogens (tertiary/aromatic N) is 1. The van der Waals surface area contributed by atoms with E-state index in [1.165, 1.54) is 0 Å². The molecule has 0 aliphatic heterocycles. The molecule has 0 saturated carbocycles. The largest absolute Gasteiger partial charge is 0.486 e. The third kappa shape index (κ3) is 4.51. The first kappa shape index (κ1) is 15.9. The van der Waals surface area contributed by atoms with Crippen LogP contribution in [0.5, 0.6) is 5.75 Å². The van der Waals surface area contributed by atoms with Crippen molar-refractivity contribution in [3.05, 3.63) is 51.6 Å². The topological polar surface area (TPSA) is 34.1 Å². The lowest BCUT2D eigenvalue weighted by atomic mass is 10.2. The van der Waals surface area contributed by atoms with Crippen LogP contribution in [-0.2, 0) is 6.61 Å². The van der Waals surface area contributed by atoms with Gasteiger partial charge in [-0.05, 0) is 43.2 Å². The molecule has 0 aliphatic carbocycles. The molecule has 1 aromatic heterocycles. The highest BCUT2D eigenvalue weighted by Gasteiger charge is 2.07. The summed E-state index contributed by atoms with van der Waals surface area (Å²) in [5.74, 6) is 1.44. The summed E-state index contributed by atoms with van der Waals surface area (Å²) in [7, 11) is 0. The van der Waals surface area contributed by atoms with Crippen molar-refractivity contribution < 1.29 is 4.74 Å². The van der Waals surface area contributed by atoms with Gasteiger partial charge in [0.2, 0.25) is 0 Å². The van der Waals surface area contributed by atoms with Crippen LogP contribution < -0.4 is 10.1 Å². The number of pyridine rings is 1. The van der Waals surface area contributed by atoms with E-state index in [2.05, 4.69) is 17.2 Å². The third-order valence-corrected chi connectivity index (χ3v) is 3.58. The molecule has 1 aromatic carbocycles. The molecule has 0 saturated heterocycles. The smallest absolute Gasteiger partial charge is 0.138 e. The maximum Gasteiger partial charge on any atom is 0.138 e. The Morgan fingerprint density at radius 1 is 1.14 bits per heavy atom. The predicted octanol–water partition coefficient (Wildman–Crippen LogP) is 5.10. The summed E-state index contributed by atoms with van der Waals surface area (Å²) in [5, 5.41) is 4.39. The predicted molar refractivity (Wildman–Crippen MR) is 88.5 cm³/mol. The van der Waals surface area contributed by atoms with Crippen LogP contribution in [0.15, 0.2) is 30.3 Å². The highest BCUT2D eigenvalue weighted by molar-refractivity contribution is 6.32. The zero-order valence-corrected chi connectivity index (χ0v) is 13.6. The SMILES string of the molecule is CCCNc1ccc(Cl)c(COc2cc(C)ccc2Cl)n1. The molecule has 0 aliphatic rings. The summed E-state index contributed by atoms with van der Waals surface area (Å²) < 4.78 is 5.74. The van der Waals surface area contributed by atoms with Gasteiger partial charge in [0.25, 0.3) is 0 Å². The van der Waals surface area contributed by atoms with E-state index in [9.17, 15) is 0 Å². The van der Waals surface area contributed by atoms with Crippen molar-refractivity contribution in [1.29, 1.82) is 0 Å². The van der Waals surface area contributed by atoms with Crippen LogP contribution in [0.4, 0.5) is 5.82 Å². The maximum absolute atomic E-state index is 6.16. The summed E-state index contributed by atoms with van der Waals surface area (Å²) in [5.41, 5.74) is 1.78. The first-order valence-electron chi connectivity index (χ1n) is 6.88. The molecular formula is C16H18Cl2N2O. The molecule has 2 rings (SSSR count). The van der Waals surface area contributed by atoms with E-state index in [1.54, 1.807) is 0 Å². The molecule has 0 amide bonds. The molecule has 0 atom stereocenters. The summed E-state index contributed by atoms with van der Waals surface area (Å²) in [6, 6.07) is 9.34. The van der Waals surface area contributed by atoms with E-state index in [-0.39, 0.29) is 6.61 Å². The second-order valence-corrected chi connectivity index (χ2v) is 5.59. The van der Waals surface area contributed by atoms with Gasteiger partial charge in [-0.1, -0.05) is 36.2 Å². The standard InChI is InChI=1S/C16H18Cl2N2O/c1-3-8-19-16-7-6-12(17)14(20-16)10-21-15-9-11(2)4-5-13(15)18/h4-7,9H,3,8,10H2,1-2H3,(H,19,20). The number of ether oxygens (including phenoxy) is 1. The highest BCUT2D eigenvalue weighted by atomic mass is 35.5. The number of hydrogen-bond acceptors (Lipinski definition) is 3. The van der Waals surface area contributed by atoms with Crippen LogP contribution in [0, 0.1) is 6.92 Å². The van der Waals surface area contributed by atoms with Gasteiger partial charge in [-0.3, -0.25) is 0 Å². The summed E-state index contributed by atoms with van der Waals surface area (Å²) in [6.45, 7) is 5.25. The minimum atomic E-state index is 0.281. The Kier molecular flexibility index (Phi) is 5.71. The molecule has 0 fully saturated rings. The lowest BCUT2D eigenvalue weighted by Gasteiger charge is -2.11. The van der Waals surface area contributed by atoms with Crippen molar-refractivity contribution in [1.82, 2.24) is 4.98 Å². The molecule has 1 heterocycles. The van der Waals surface area contributed by atoms with Crippen LogP contribution in [0.1, 0.15) is 24.6 Å². The van der Waals surface area contributed by atoms with E-state index in [1.807, 2.05) is 37.3 Å². The van der Waals surface area contributed by atoms with Gasteiger partial charge >= 0.3 is 0 Å². The van der Waals surface area contributed by atoms with Gasteiger partial charge in [0.1, 0.15) is 18.2 Å². The molecule has 5 heteroatoms. The van der Waals surface area contributed by atoms with Crippen molar-refractivity contribution in [2.45, 2.75) is 26.9 Å². The van der Waals surface area contributed by atoms with Gasteiger partial charge in [-0.25, -0.2) is 4.98 Å². The van der Waals surface area contributed by atoms with Gasteiger partial charge in [0.15, 0.2) is 0 Å². The normalized spacial score (nSPS) is 10.5. The van der Waals surface area contributed by atoms with Crippen molar-refractivity contribution in [2.24, 2.45) is 0 Å². The fourth-order valence-corrected chi connectivity index (χ4v) is 2.14. The summed E-state index contributed by atoms with van der Waals surface area (Å²) in [4.78, 5) is 4.47. The second-order valence-electron chi connectivity index (χ2n) is 4.77. The van der Waals surface area contributed by atoms with Gasteiger partial charge in [0.05, 0.1) is 15.7 Å². The van der Waals surface area contributed by atoms with Crippen molar-refractivity contribution >= 4 is 29.0 Å². The van der Waals surface area contributed by atoms with E-state index in [0.29, 0.717) is 21.5 Å². The fourth-order valence-electron chi connectivity index (χ4n) is 1.80. The lowest BCUT2D eigenvalue weighted by molar-refractivity contribution is 0.301. The molecule has 0 unspecified atom stereocenters. The number of benzene rings is 1. The fraction of sp³-hybridized carbons (Fsp3) is 0.312. The molecule has 2 aromatic rings. The van der Waals surface area contributed by atoms with Gasteiger partial charge < -0.3 is 10.1 Å². The van der Waals surface area contributed by atoms with Crippen LogP contribution in [0.2, 0.25) is 10.0 Å². The minimum Gasteiger partial charge on any atom is -0.486 e. The van der Waals surface area contributed by atoms with E-state index >= 15 is 0 Å². The van der Waals surface area contributed by atoms with Gasteiger partial charge in [-0.15, -0.1) is 0 Å². The minimum absolute atomic E-state index is 0.281. The number of hydrogen-bond donors (Lipinski definition) is 1. The van der Waals surface area contributed by atoms with Crippen LogP contribution in [0.3, 0.4) is 0 Å². The van der Waals surface area contributed by atoms with Crippen LogP contribution >= 0.6 is 23.2 Å². The molecule has 0 bridgehead atoms. The zero-order chi connectivity index (χ0) is 15.2. The molecule has 112 valence electrons. The van der Waals surface area contributed by atoms with Crippen LogP contribution in [0.25, 0.3) is 0 Å². The average molecular weight is 325 g/mol. The third-order valence-electron chi connectivity index (χ3n) is 2.93. The lowest BCUT2D eigenvalue weighted by Crippen LogP contribution is -2.06. The summed E-state index contributed by atoms with van der Waals surface area (Å²) in [6.07, 6.45) is 1.04. The molecule has 0 spiro atoms. The Hall–Kier alpha value is -1.45. The van der Waals surface area contributed by atoms with E-state index in [0.717, 1.165) is 24.3 Å². The molecular weight excluding hydrogens is 307 g/mol. The highest BCUT2D eigenvalue weighted by Crippen LogP contribution is 2.27. The number of aromatic nitrogens is 1. The Bertz CT molecular complexity index is 617. The van der Waals surface area contributed by atoms with E-state index < -0.39 is 0 Å². The Morgan fingerprint density at radius 3 is 2.67 bits per heavy atom. The Balaban J connectivity index is 2.10. The summed E-state index contributed by atoms with van der Waals surface area (Å²) >= 11 is 12.3. The number of aryl methyl sites for hydroxylation is 1. The quantitative estimate of drug-likeness (QED) is 0.802. The maximum atomic E-state index is 6.16. The first-order valence-corrected chi connectivity index (χ1v) is 7.64. The molecule has 0 radical (unpaired) electrons. The van der Waals surface area contributed by atoms with Crippen LogP contribution in [-0.4, -0.2) is 11.5 Å². The number of halogens is 2. The van der Waals surface area contributed by atoms with E-state index in [4.69, 9.17) is 27.9 Å². The second kappa shape index (κ2) is 7.53. The number of rotatable bonds is 6. The number of anilines is 1. The molecule has 1 N–H and O–H groups in total.